The van der Waals surface area contributed by atoms with Crippen molar-refractivity contribution in [1.82, 2.24) is 0 Å². The minimum absolute atomic E-state index is 0.0433. The Morgan fingerprint density at radius 2 is 0.663 bits per heavy atom. The molecule has 490 valence electrons. The molecule has 0 heterocycles. The van der Waals surface area contributed by atoms with Gasteiger partial charge in [0.05, 0.1) is 27.7 Å². The number of likely N-dealkylation sites (N-methyl/N-ethyl adjacent to an activating group) is 1. The molecule has 0 aliphatic heterocycles. The first-order valence-corrected chi connectivity index (χ1v) is 36.0. The molecule has 0 aromatic heterocycles. The molecule has 0 aliphatic carbocycles. The van der Waals surface area contributed by atoms with Crippen LogP contribution in [0.2, 0.25) is 0 Å². The standard InChI is InChI=1S/C76H128NO8P/c1-6-8-10-12-14-16-18-20-22-24-26-28-30-32-34-35-36-37-38-39-40-41-43-45-47-49-51-53-55-57-59-61-63-65-67-69-76(79)85-74(73-84-86(80,81)83-71-70-77(3,4)5)72-82-75(78)68-66-64-62-60-58-56-54-52-50-48-46-44-42-33-31-29-27-25-23-21-19-17-15-13-11-9-7-2/h8,10,14,16,19-22,25-28,32,34,36-37,39-40,43,45,49,51,55,57,74H,6-7,9,11-13,15,17-18,23-24,29-31,33,35,38,41-42,44,46-48,50,52-54,56,58-73H2,1-5H3/b10-8-,16-14-,21-19-,22-20-,27-25-,28-26-,34-32-,37-36-,40-39-,45-43-,51-49-,57-55-. The minimum atomic E-state index is -4.66. The van der Waals surface area contributed by atoms with Gasteiger partial charge in [-0.1, -0.05) is 282 Å². The number of nitrogens with zero attached hydrogens (tertiary/aromatic N) is 1. The summed E-state index contributed by atoms with van der Waals surface area (Å²) < 4.78 is 34.3. The van der Waals surface area contributed by atoms with Gasteiger partial charge in [-0.25, -0.2) is 0 Å². The molecule has 0 fully saturated rings. The summed E-state index contributed by atoms with van der Waals surface area (Å²) in [4.78, 5) is 38.0. The Morgan fingerprint density at radius 3 is 0.988 bits per heavy atom. The van der Waals surface area contributed by atoms with Crippen molar-refractivity contribution in [2.45, 2.75) is 277 Å². The maximum atomic E-state index is 12.9. The largest absolute Gasteiger partial charge is 0.756 e. The maximum Gasteiger partial charge on any atom is 0.306 e. The zero-order valence-corrected chi connectivity index (χ0v) is 56.6. The molecule has 2 atom stereocenters. The molecule has 0 aliphatic rings. The molecule has 0 bridgehead atoms. The van der Waals surface area contributed by atoms with E-state index in [1.165, 1.54) is 122 Å². The first kappa shape index (κ1) is 81.9. The number of esters is 2. The number of carbonyl (C=O) groups is 2. The Balaban J connectivity index is 4.18. The average molecular weight is 1210 g/mol. The van der Waals surface area contributed by atoms with E-state index in [-0.39, 0.29) is 26.1 Å². The van der Waals surface area contributed by atoms with Gasteiger partial charge < -0.3 is 27.9 Å². The fraction of sp³-hybridized carbons (Fsp3) is 0.658. The molecule has 0 amide bonds. The molecule has 0 radical (unpaired) electrons. The number of ether oxygens (including phenoxy) is 2. The van der Waals surface area contributed by atoms with Crippen molar-refractivity contribution in [1.29, 1.82) is 0 Å². The monoisotopic (exact) mass is 1210 g/mol. The highest BCUT2D eigenvalue weighted by molar-refractivity contribution is 7.45. The van der Waals surface area contributed by atoms with Crippen LogP contribution < -0.4 is 4.89 Å². The maximum absolute atomic E-state index is 12.9. The zero-order chi connectivity index (χ0) is 62.6. The molecule has 9 nitrogen and oxygen atoms in total. The second-order valence-electron chi connectivity index (χ2n) is 23.8. The fourth-order valence-electron chi connectivity index (χ4n) is 9.07. The molecule has 0 saturated heterocycles. The molecule has 0 aromatic carbocycles. The highest BCUT2D eigenvalue weighted by atomic mass is 31.2. The van der Waals surface area contributed by atoms with Gasteiger partial charge in [-0.05, 0) is 122 Å². The smallest absolute Gasteiger partial charge is 0.306 e. The summed E-state index contributed by atoms with van der Waals surface area (Å²) in [6, 6.07) is 0. The predicted molar refractivity (Wildman–Crippen MR) is 369 cm³/mol. The summed E-state index contributed by atoms with van der Waals surface area (Å²) in [6.07, 6.45) is 96.3. The van der Waals surface area contributed by atoms with Crippen LogP contribution in [0.4, 0.5) is 0 Å². The van der Waals surface area contributed by atoms with E-state index in [2.05, 4.69) is 160 Å². The van der Waals surface area contributed by atoms with Crippen molar-refractivity contribution in [3.05, 3.63) is 146 Å². The van der Waals surface area contributed by atoms with E-state index in [0.717, 1.165) is 116 Å². The quantitative estimate of drug-likeness (QED) is 0.0195. The summed E-state index contributed by atoms with van der Waals surface area (Å²) in [5, 5.41) is 0. The van der Waals surface area contributed by atoms with E-state index in [9.17, 15) is 19.0 Å². The molecular weight excluding hydrogens is 1090 g/mol. The number of allylic oxidation sites excluding steroid dienone is 24. The Labute approximate surface area is 529 Å². The van der Waals surface area contributed by atoms with Gasteiger partial charge >= 0.3 is 11.9 Å². The predicted octanol–water partition coefficient (Wildman–Crippen LogP) is 22.0. The van der Waals surface area contributed by atoms with Gasteiger partial charge in [-0.15, -0.1) is 0 Å². The van der Waals surface area contributed by atoms with Crippen molar-refractivity contribution < 1.29 is 42.1 Å². The topological polar surface area (TPSA) is 111 Å². The van der Waals surface area contributed by atoms with Crippen molar-refractivity contribution in [2.24, 2.45) is 0 Å². The van der Waals surface area contributed by atoms with E-state index in [1.807, 2.05) is 21.1 Å². The van der Waals surface area contributed by atoms with E-state index >= 15 is 0 Å². The van der Waals surface area contributed by atoms with E-state index in [4.69, 9.17) is 18.5 Å². The Kier molecular flexibility index (Phi) is 62.2. The Morgan fingerprint density at radius 1 is 0.372 bits per heavy atom. The number of hydrogen-bond acceptors (Lipinski definition) is 8. The van der Waals surface area contributed by atoms with E-state index in [0.29, 0.717) is 17.4 Å². The summed E-state index contributed by atoms with van der Waals surface area (Å²) in [6.45, 7) is 4.09. The summed E-state index contributed by atoms with van der Waals surface area (Å²) in [5.41, 5.74) is 0. The van der Waals surface area contributed by atoms with Crippen molar-refractivity contribution in [2.75, 3.05) is 47.5 Å². The third-order valence-electron chi connectivity index (χ3n) is 14.3. The lowest BCUT2D eigenvalue weighted by Gasteiger charge is -2.28. The molecule has 86 heavy (non-hydrogen) atoms. The number of phosphoric ester groups is 1. The lowest BCUT2D eigenvalue weighted by Crippen LogP contribution is -2.37. The molecule has 0 rings (SSSR count). The molecule has 0 N–H and O–H groups in total. The highest BCUT2D eigenvalue weighted by Crippen LogP contribution is 2.38. The lowest BCUT2D eigenvalue weighted by atomic mass is 10.0. The summed E-state index contributed by atoms with van der Waals surface area (Å²) in [5.74, 6) is -0.867. The van der Waals surface area contributed by atoms with Gasteiger partial charge in [0, 0.05) is 12.8 Å². The molecular formula is C76H128NO8P. The lowest BCUT2D eigenvalue weighted by molar-refractivity contribution is -0.870. The normalized spacial score (nSPS) is 14.1. The Bertz CT molecular complexity index is 1960. The van der Waals surface area contributed by atoms with Gasteiger partial charge in [0.25, 0.3) is 7.82 Å². The van der Waals surface area contributed by atoms with Crippen LogP contribution in [0.15, 0.2) is 146 Å². The number of carbonyl (C=O) groups excluding carboxylic acids is 2. The van der Waals surface area contributed by atoms with E-state index in [1.54, 1.807) is 0 Å². The van der Waals surface area contributed by atoms with Crippen LogP contribution in [0, 0.1) is 0 Å². The van der Waals surface area contributed by atoms with Crippen LogP contribution in [-0.2, 0) is 32.7 Å². The molecule has 10 heteroatoms. The number of hydrogen-bond donors (Lipinski definition) is 0. The van der Waals surface area contributed by atoms with Gasteiger partial charge in [0.1, 0.15) is 19.8 Å². The highest BCUT2D eigenvalue weighted by Gasteiger charge is 2.22. The van der Waals surface area contributed by atoms with Crippen LogP contribution in [0.5, 0.6) is 0 Å². The summed E-state index contributed by atoms with van der Waals surface area (Å²) >= 11 is 0. The second kappa shape index (κ2) is 65.3. The average Bonchev–Trinajstić information content (AvgIpc) is 3.56. The number of rotatable bonds is 62. The minimum Gasteiger partial charge on any atom is -0.756 e. The third-order valence-corrected chi connectivity index (χ3v) is 15.3. The SMILES string of the molecule is CC/C=C\C/C=C\C/C=C\C/C=C\C/C=C\C/C=C\C/C=C\C/C=C\C/C=C\C/C=C\CCCCCCC(=O)OC(COC(=O)CCCCCCCCCCCCCCCCC/C=C\C/C=C\CCCCCCC)COP(=O)([O-])OCC[N+](C)(C)C. The van der Waals surface area contributed by atoms with Crippen LogP contribution in [0.1, 0.15) is 271 Å². The number of quaternary nitrogens is 1. The second-order valence-corrected chi connectivity index (χ2v) is 25.2. The van der Waals surface area contributed by atoms with Gasteiger partial charge in [0.15, 0.2) is 6.10 Å². The number of unbranched alkanes of at least 4 members (excludes halogenated alkanes) is 24. The van der Waals surface area contributed by atoms with Crippen molar-refractivity contribution in [3.63, 3.8) is 0 Å². The van der Waals surface area contributed by atoms with Gasteiger partial charge in [-0.2, -0.15) is 0 Å². The molecule has 0 saturated carbocycles. The third kappa shape index (κ3) is 69.0. The van der Waals surface area contributed by atoms with Crippen LogP contribution in [0.25, 0.3) is 0 Å². The van der Waals surface area contributed by atoms with Crippen LogP contribution >= 0.6 is 7.82 Å². The number of phosphoric acid groups is 1. The van der Waals surface area contributed by atoms with E-state index < -0.39 is 32.5 Å². The first-order chi connectivity index (χ1) is 42.0. The van der Waals surface area contributed by atoms with Crippen molar-refractivity contribution in [3.8, 4) is 0 Å². The Hall–Kier alpha value is -4.11. The first-order valence-electron chi connectivity index (χ1n) is 34.5. The van der Waals surface area contributed by atoms with Crippen LogP contribution in [-0.4, -0.2) is 70.0 Å². The zero-order valence-electron chi connectivity index (χ0n) is 55.7. The summed E-state index contributed by atoms with van der Waals surface area (Å²) in [7, 11) is 1.13. The van der Waals surface area contributed by atoms with Crippen LogP contribution in [0.3, 0.4) is 0 Å². The van der Waals surface area contributed by atoms with Gasteiger partial charge in [0.2, 0.25) is 0 Å². The van der Waals surface area contributed by atoms with Crippen molar-refractivity contribution >= 4 is 19.8 Å². The molecule has 2 unspecified atom stereocenters. The molecule has 0 aromatic rings. The van der Waals surface area contributed by atoms with Gasteiger partial charge in [-0.3, -0.25) is 14.2 Å². The molecule has 0 spiro atoms. The fourth-order valence-corrected chi connectivity index (χ4v) is 9.80.